The van der Waals surface area contributed by atoms with Crippen molar-refractivity contribution in [3.63, 3.8) is 0 Å². The van der Waals surface area contributed by atoms with Crippen molar-refractivity contribution in [2.75, 3.05) is 38.8 Å². The highest BCUT2D eigenvalue weighted by atomic mass is 127. The average Bonchev–Trinajstić information content (AvgIpc) is 2.81. The molecule has 0 aliphatic carbocycles. The van der Waals surface area contributed by atoms with Crippen LogP contribution in [0.25, 0.3) is 0 Å². The second-order valence-electron chi connectivity index (χ2n) is 7.90. The molecule has 0 radical (unpaired) electrons. The van der Waals surface area contributed by atoms with Crippen LogP contribution in [-0.2, 0) is 22.6 Å². The summed E-state index contributed by atoms with van der Waals surface area (Å²) in [6.45, 7) is 5.15. The van der Waals surface area contributed by atoms with E-state index in [1.165, 1.54) is 0 Å². The third-order valence-electron chi connectivity index (χ3n) is 5.47. The molecule has 0 saturated carbocycles. The lowest BCUT2D eigenvalue weighted by Gasteiger charge is -2.26. The summed E-state index contributed by atoms with van der Waals surface area (Å²) in [6.07, 6.45) is 2.70. The Bertz CT molecular complexity index is 918. The van der Waals surface area contributed by atoms with Crippen molar-refractivity contribution >= 4 is 41.5 Å². The van der Waals surface area contributed by atoms with E-state index in [1.54, 1.807) is 14.2 Å². The third-order valence-corrected chi connectivity index (χ3v) is 5.47. The molecule has 1 saturated heterocycles. The van der Waals surface area contributed by atoms with Gasteiger partial charge in [-0.1, -0.05) is 24.3 Å². The molecule has 7 nitrogen and oxygen atoms in total. The molecule has 33 heavy (non-hydrogen) atoms. The molecule has 0 aromatic heterocycles. The fourth-order valence-corrected chi connectivity index (χ4v) is 3.64. The quantitative estimate of drug-likeness (QED) is 0.208. The Labute approximate surface area is 214 Å². The summed E-state index contributed by atoms with van der Waals surface area (Å²) in [6, 6.07) is 14.3. The minimum Gasteiger partial charge on any atom is -0.491 e. The van der Waals surface area contributed by atoms with Gasteiger partial charge in [0.15, 0.2) is 5.96 Å². The van der Waals surface area contributed by atoms with Crippen molar-refractivity contribution in [1.29, 1.82) is 0 Å². The summed E-state index contributed by atoms with van der Waals surface area (Å²) < 4.78 is 11.0. The molecule has 0 unspecified atom stereocenters. The number of aryl methyl sites for hydroxylation is 1. The Hall–Kier alpha value is -2.33. The predicted molar refractivity (Wildman–Crippen MR) is 144 cm³/mol. The first kappa shape index (κ1) is 26.9. The van der Waals surface area contributed by atoms with Gasteiger partial charge in [-0.2, -0.15) is 0 Å². The molecule has 3 rings (SSSR count). The first-order valence-electron chi connectivity index (χ1n) is 11.2. The molecule has 2 aromatic carbocycles. The number of piperidine rings is 1. The van der Waals surface area contributed by atoms with Gasteiger partial charge in [-0.05, 0) is 49.1 Å². The van der Waals surface area contributed by atoms with E-state index >= 15 is 0 Å². The number of hydrogen-bond acceptors (Lipinski definition) is 4. The Balaban J connectivity index is 0.00000385. The summed E-state index contributed by atoms with van der Waals surface area (Å²) in [7, 11) is 3.42. The zero-order valence-electron chi connectivity index (χ0n) is 19.7. The number of nitrogens with one attached hydrogen (secondary N) is 2. The average molecular weight is 566 g/mol. The van der Waals surface area contributed by atoms with E-state index < -0.39 is 0 Å². The highest BCUT2D eigenvalue weighted by molar-refractivity contribution is 14.0. The summed E-state index contributed by atoms with van der Waals surface area (Å²) in [5, 5.41) is 6.69. The van der Waals surface area contributed by atoms with Gasteiger partial charge in [-0.3, -0.25) is 9.79 Å². The molecule has 0 spiro atoms. The fourth-order valence-electron chi connectivity index (χ4n) is 3.64. The van der Waals surface area contributed by atoms with Crippen LogP contribution in [0.2, 0.25) is 0 Å². The summed E-state index contributed by atoms with van der Waals surface area (Å²) in [4.78, 5) is 18.3. The van der Waals surface area contributed by atoms with E-state index in [4.69, 9.17) is 9.47 Å². The largest absolute Gasteiger partial charge is 0.491 e. The van der Waals surface area contributed by atoms with Crippen molar-refractivity contribution in [3.8, 4) is 5.75 Å². The number of rotatable bonds is 9. The Morgan fingerprint density at radius 1 is 1.06 bits per heavy atom. The van der Waals surface area contributed by atoms with Crippen LogP contribution in [-0.4, -0.2) is 45.8 Å². The maximum atomic E-state index is 12.1. The molecule has 0 atom stereocenters. The Morgan fingerprint density at radius 2 is 1.82 bits per heavy atom. The summed E-state index contributed by atoms with van der Waals surface area (Å²) >= 11 is 0. The molecule has 2 aromatic rings. The number of guanidine groups is 1. The first-order valence-corrected chi connectivity index (χ1v) is 11.2. The summed E-state index contributed by atoms with van der Waals surface area (Å²) in [5.41, 5.74) is 4.31. The molecule has 0 bridgehead atoms. The van der Waals surface area contributed by atoms with E-state index in [0.29, 0.717) is 38.7 Å². The third kappa shape index (κ3) is 8.19. The normalized spacial score (nSPS) is 14.0. The van der Waals surface area contributed by atoms with Crippen LogP contribution in [0.5, 0.6) is 5.75 Å². The van der Waals surface area contributed by atoms with Crippen LogP contribution < -0.4 is 20.3 Å². The van der Waals surface area contributed by atoms with Gasteiger partial charge >= 0.3 is 0 Å². The number of amides is 1. The van der Waals surface area contributed by atoms with Crippen LogP contribution in [0, 0.1) is 6.92 Å². The SMILES string of the molecule is CN=C(NCc1ccc(N2CCCCC2=O)cc1)NCc1ccc(C)cc1OCCOC.I. The maximum absolute atomic E-state index is 12.1. The van der Waals surface area contributed by atoms with E-state index in [-0.39, 0.29) is 29.9 Å². The number of halogens is 1. The lowest BCUT2D eigenvalue weighted by molar-refractivity contribution is -0.119. The highest BCUT2D eigenvalue weighted by Crippen LogP contribution is 2.22. The van der Waals surface area contributed by atoms with Crippen molar-refractivity contribution < 1.29 is 14.3 Å². The predicted octanol–water partition coefficient (Wildman–Crippen LogP) is 4.02. The maximum Gasteiger partial charge on any atom is 0.226 e. The fraction of sp³-hybridized carbons (Fsp3) is 0.440. The van der Waals surface area contributed by atoms with E-state index in [0.717, 1.165) is 47.5 Å². The van der Waals surface area contributed by atoms with Crippen LogP contribution >= 0.6 is 24.0 Å². The molecular formula is C25H35IN4O3. The van der Waals surface area contributed by atoms with Gasteiger partial charge < -0.3 is 25.0 Å². The molecule has 2 N–H and O–H groups in total. The second kappa shape index (κ2) is 14.0. The zero-order chi connectivity index (χ0) is 22.8. The lowest BCUT2D eigenvalue weighted by Crippen LogP contribution is -2.36. The highest BCUT2D eigenvalue weighted by Gasteiger charge is 2.19. The van der Waals surface area contributed by atoms with Crippen molar-refractivity contribution in [2.45, 2.75) is 39.3 Å². The van der Waals surface area contributed by atoms with Gasteiger partial charge in [0.2, 0.25) is 5.91 Å². The number of carbonyl (C=O) groups is 1. The standard InChI is InChI=1S/C25H34N4O3.HI/c1-19-7-10-21(23(16-19)32-15-14-31-3)18-28-25(26-2)27-17-20-8-11-22(12-9-20)29-13-5-4-6-24(29)30;/h7-12,16H,4-6,13-15,17-18H2,1-3H3,(H2,26,27,28);1H. The number of ether oxygens (including phenoxy) is 2. The lowest BCUT2D eigenvalue weighted by atomic mass is 10.1. The smallest absolute Gasteiger partial charge is 0.226 e. The molecule has 1 heterocycles. The number of carbonyl (C=O) groups excluding carboxylic acids is 1. The monoisotopic (exact) mass is 566 g/mol. The van der Waals surface area contributed by atoms with Gasteiger partial charge in [-0.25, -0.2) is 0 Å². The van der Waals surface area contributed by atoms with Crippen LogP contribution in [0.3, 0.4) is 0 Å². The first-order chi connectivity index (χ1) is 15.6. The minimum absolute atomic E-state index is 0. The molecule has 1 fully saturated rings. The Kier molecular flexibility index (Phi) is 11.5. The molecular weight excluding hydrogens is 531 g/mol. The topological polar surface area (TPSA) is 75.2 Å². The number of nitrogens with zero attached hydrogens (tertiary/aromatic N) is 2. The van der Waals surface area contributed by atoms with E-state index in [2.05, 4.69) is 39.9 Å². The molecule has 1 aliphatic rings. The van der Waals surface area contributed by atoms with Crippen LogP contribution in [0.4, 0.5) is 5.69 Å². The van der Waals surface area contributed by atoms with Gasteiger partial charge in [0.25, 0.3) is 0 Å². The summed E-state index contributed by atoms with van der Waals surface area (Å²) in [5.74, 6) is 1.78. The number of hydrogen-bond donors (Lipinski definition) is 2. The van der Waals surface area contributed by atoms with Crippen molar-refractivity contribution in [1.82, 2.24) is 10.6 Å². The van der Waals surface area contributed by atoms with E-state index in [1.807, 2.05) is 30.0 Å². The number of anilines is 1. The number of aliphatic imine (C=N–C) groups is 1. The Morgan fingerprint density at radius 3 is 2.52 bits per heavy atom. The van der Waals surface area contributed by atoms with Crippen molar-refractivity contribution in [3.05, 3.63) is 59.2 Å². The molecule has 180 valence electrons. The van der Waals surface area contributed by atoms with Crippen LogP contribution in [0.15, 0.2) is 47.5 Å². The van der Waals surface area contributed by atoms with Crippen LogP contribution in [0.1, 0.15) is 36.0 Å². The number of benzene rings is 2. The minimum atomic E-state index is 0. The van der Waals surface area contributed by atoms with Gasteiger partial charge in [0.1, 0.15) is 12.4 Å². The van der Waals surface area contributed by atoms with Gasteiger partial charge in [-0.15, -0.1) is 24.0 Å². The van der Waals surface area contributed by atoms with Crippen molar-refractivity contribution in [2.24, 2.45) is 4.99 Å². The van der Waals surface area contributed by atoms with Gasteiger partial charge in [0, 0.05) is 51.5 Å². The van der Waals surface area contributed by atoms with E-state index in [9.17, 15) is 4.79 Å². The molecule has 1 amide bonds. The van der Waals surface area contributed by atoms with Gasteiger partial charge in [0.05, 0.1) is 6.61 Å². The number of methoxy groups -OCH3 is 1. The zero-order valence-corrected chi connectivity index (χ0v) is 22.1. The second-order valence-corrected chi connectivity index (χ2v) is 7.90. The molecule has 8 heteroatoms. The molecule has 1 aliphatic heterocycles.